The number of amides is 1. The molecule has 28 heavy (non-hydrogen) atoms. The Morgan fingerprint density at radius 2 is 1.93 bits per heavy atom. The Morgan fingerprint density at radius 3 is 2.61 bits per heavy atom. The molecule has 0 atom stereocenters. The van der Waals surface area contributed by atoms with Crippen molar-refractivity contribution in [3.63, 3.8) is 0 Å². The fourth-order valence-corrected chi connectivity index (χ4v) is 4.44. The fraction of sp³-hybridized carbons (Fsp3) is 0.238. The van der Waals surface area contributed by atoms with Gasteiger partial charge in [0.25, 0.3) is 5.91 Å². The van der Waals surface area contributed by atoms with Gasteiger partial charge in [0.15, 0.2) is 16.7 Å². The second-order valence-electron chi connectivity index (χ2n) is 6.83. The summed E-state index contributed by atoms with van der Waals surface area (Å²) in [5.41, 5.74) is 3.90. The summed E-state index contributed by atoms with van der Waals surface area (Å²) < 4.78 is 0. The second-order valence-corrected chi connectivity index (χ2v) is 7.83. The molecule has 0 bridgehead atoms. The van der Waals surface area contributed by atoms with Crippen LogP contribution >= 0.6 is 11.3 Å². The molecular formula is C21H19N3O3S. The van der Waals surface area contributed by atoms with Crippen molar-refractivity contribution < 1.29 is 14.4 Å². The number of carbonyl (C=O) groups is 3. The SMILES string of the molecule is CC(=O)c1sc(NC(=O)c2[nH]c3c(c2C)C(=O)CCC3)nc1-c1ccccc1. The van der Waals surface area contributed by atoms with Crippen LogP contribution in [0.4, 0.5) is 5.13 Å². The smallest absolute Gasteiger partial charge is 0.274 e. The number of benzene rings is 1. The topological polar surface area (TPSA) is 91.9 Å². The quantitative estimate of drug-likeness (QED) is 0.642. The molecule has 2 aromatic heterocycles. The highest BCUT2D eigenvalue weighted by Crippen LogP contribution is 2.32. The van der Waals surface area contributed by atoms with Gasteiger partial charge in [0, 0.05) is 30.2 Å². The van der Waals surface area contributed by atoms with Crippen LogP contribution in [0.1, 0.15) is 61.5 Å². The highest BCUT2D eigenvalue weighted by atomic mass is 32.1. The minimum atomic E-state index is -0.358. The van der Waals surface area contributed by atoms with Crippen molar-refractivity contribution in [3.05, 3.63) is 57.7 Å². The van der Waals surface area contributed by atoms with Crippen LogP contribution in [0.25, 0.3) is 11.3 Å². The Morgan fingerprint density at radius 1 is 1.18 bits per heavy atom. The molecule has 1 aliphatic rings. The normalized spacial score (nSPS) is 13.3. The van der Waals surface area contributed by atoms with E-state index < -0.39 is 0 Å². The third-order valence-corrected chi connectivity index (χ3v) is 5.95. The summed E-state index contributed by atoms with van der Waals surface area (Å²) in [5.74, 6) is -0.384. The average molecular weight is 393 g/mol. The lowest BCUT2D eigenvalue weighted by Crippen LogP contribution is -2.13. The van der Waals surface area contributed by atoms with Crippen molar-refractivity contribution in [2.75, 3.05) is 5.32 Å². The Kier molecular flexibility index (Phi) is 4.68. The zero-order valence-electron chi connectivity index (χ0n) is 15.6. The molecule has 1 aromatic carbocycles. The Hall–Kier alpha value is -3.06. The molecule has 0 spiro atoms. The number of anilines is 1. The molecule has 0 saturated heterocycles. The molecule has 0 aliphatic heterocycles. The maximum Gasteiger partial charge on any atom is 0.274 e. The molecule has 7 heteroatoms. The monoisotopic (exact) mass is 393 g/mol. The Labute approximate surface area is 166 Å². The summed E-state index contributed by atoms with van der Waals surface area (Å²) in [6.07, 6.45) is 2.07. The highest BCUT2D eigenvalue weighted by molar-refractivity contribution is 7.18. The zero-order chi connectivity index (χ0) is 19.8. The molecular weight excluding hydrogens is 374 g/mol. The van der Waals surface area contributed by atoms with Crippen LogP contribution in [0.15, 0.2) is 30.3 Å². The maximum atomic E-state index is 12.8. The van der Waals surface area contributed by atoms with Gasteiger partial charge in [-0.3, -0.25) is 19.7 Å². The number of carbonyl (C=O) groups excluding carboxylic acids is 3. The number of hydrogen-bond donors (Lipinski definition) is 2. The summed E-state index contributed by atoms with van der Waals surface area (Å²) in [6.45, 7) is 3.27. The first-order valence-corrected chi connectivity index (χ1v) is 9.90. The number of ketones is 2. The largest absolute Gasteiger partial charge is 0.354 e. The van der Waals surface area contributed by atoms with E-state index in [1.165, 1.54) is 6.92 Å². The van der Waals surface area contributed by atoms with Crippen LogP contribution in [0.2, 0.25) is 0 Å². The van der Waals surface area contributed by atoms with Gasteiger partial charge in [0.1, 0.15) is 5.69 Å². The van der Waals surface area contributed by atoms with Crippen LogP contribution in [0.3, 0.4) is 0 Å². The minimum absolute atomic E-state index is 0.0773. The molecule has 6 nitrogen and oxygen atoms in total. The van der Waals surface area contributed by atoms with Crippen LogP contribution in [-0.4, -0.2) is 27.4 Å². The number of nitrogens with one attached hydrogen (secondary N) is 2. The number of hydrogen-bond acceptors (Lipinski definition) is 5. The fourth-order valence-electron chi connectivity index (χ4n) is 3.56. The van der Waals surface area contributed by atoms with Crippen molar-refractivity contribution >= 4 is 33.9 Å². The van der Waals surface area contributed by atoms with Crippen LogP contribution in [0, 0.1) is 6.92 Å². The van der Waals surface area contributed by atoms with E-state index in [0.29, 0.717) is 38.9 Å². The average Bonchev–Trinajstić information content (AvgIpc) is 3.25. The van der Waals surface area contributed by atoms with E-state index in [-0.39, 0.29) is 17.5 Å². The molecule has 0 unspecified atom stereocenters. The molecule has 1 aliphatic carbocycles. The minimum Gasteiger partial charge on any atom is -0.354 e. The molecule has 0 radical (unpaired) electrons. The van der Waals surface area contributed by atoms with Crippen molar-refractivity contribution in [1.29, 1.82) is 0 Å². The first-order chi connectivity index (χ1) is 13.5. The van der Waals surface area contributed by atoms with Gasteiger partial charge >= 0.3 is 0 Å². The number of rotatable bonds is 4. The first kappa shape index (κ1) is 18.3. The Balaban J connectivity index is 1.66. The summed E-state index contributed by atoms with van der Waals surface area (Å²) in [6, 6.07) is 9.40. The zero-order valence-corrected chi connectivity index (χ0v) is 16.4. The van der Waals surface area contributed by atoms with E-state index in [4.69, 9.17) is 0 Å². The van der Waals surface area contributed by atoms with Gasteiger partial charge in [0.2, 0.25) is 0 Å². The second kappa shape index (κ2) is 7.16. The Bertz CT molecular complexity index is 1100. The maximum absolute atomic E-state index is 12.8. The molecule has 142 valence electrons. The van der Waals surface area contributed by atoms with Crippen LogP contribution < -0.4 is 5.32 Å². The lowest BCUT2D eigenvalue weighted by molar-refractivity contribution is 0.0970. The standard InChI is InChI=1S/C21H19N3O3S/c1-11-16-14(9-6-10-15(16)26)22-17(11)20(27)24-21-23-18(19(28-21)12(2)25)13-7-4-3-5-8-13/h3-5,7-8,22H,6,9-10H2,1-2H3,(H,23,24,27). The summed E-state index contributed by atoms with van der Waals surface area (Å²) in [7, 11) is 0. The summed E-state index contributed by atoms with van der Waals surface area (Å²) in [5, 5.41) is 3.14. The van der Waals surface area contributed by atoms with Gasteiger partial charge in [-0.2, -0.15) is 0 Å². The van der Waals surface area contributed by atoms with Gasteiger partial charge in [-0.25, -0.2) is 4.98 Å². The third-order valence-electron chi connectivity index (χ3n) is 4.88. The van der Waals surface area contributed by atoms with E-state index in [1.54, 1.807) is 6.92 Å². The summed E-state index contributed by atoms with van der Waals surface area (Å²) >= 11 is 1.15. The van der Waals surface area contributed by atoms with E-state index in [2.05, 4.69) is 15.3 Å². The number of Topliss-reactive ketones (excluding diaryl/α,β-unsaturated/α-hetero) is 2. The highest BCUT2D eigenvalue weighted by Gasteiger charge is 2.27. The first-order valence-electron chi connectivity index (χ1n) is 9.09. The molecule has 0 saturated carbocycles. The van der Waals surface area contributed by atoms with Crippen LogP contribution in [-0.2, 0) is 6.42 Å². The van der Waals surface area contributed by atoms with E-state index in [1.807, 2.05) is 30.3 Å². The van der Waals surface area contributed by atoms with Gasteiger partial charge in [-0.15, -0.1) is 0 Å². The third kappa shape index (κ3) is 3.18. The van der Waals surface area contributed by atoms with Gasteiger partial charge in [-0.1, -0.05) is 41.7 Å². The molecule has 0 fully saturated rings. The van der Waals surface area contributed by atoms with Gasteiger partial charge < -0.3 is 4.98 Å². The number of H-pyrrole nitrogens is 1. The molecule has 2 N–H and O–H groups in total. The molecule has 1 amide bonds. The van der Waals surface area contributed by atoms with E-state index in [0.717, 1.165) is 35.4 Å². The van der Waals surface area contributed by atoms with Crippen molar-refractivity contribution in [1.82, 2.24) is 9.97 Å². The number of nitrogens with zero attached hydrogens (tertiary/aromatic N) is 1. The lowest BCUT2D eigenvalue weighted by Gasteiger charge is -2.09. The van der Waals surface area contributed by atoms with Gasteiger partial charge in [-0.05, 0) is 25.3 Å². The molecule has 4 rings (SSSR count). The number of thiazole rings is 1. The predicted molar refractivity (Wildman–Crippen MR) is 108 cm³/mol. The molecule has 3 aromatic rings. The van der Waals surface area contributed by atoms with Crippen LogP contribution in [0.5, 0.6) is 0 Å². The van der Waals surface area contributed by atoms with Crippen molar-refractivity contribution in [2.24, 2.45) is 0 Å². The number of aromatic nitrogens is 2. The van der Waals surface area contributed by atoms with E-state index >= 15 is 0 Å². The number of aryl methyl sites for hydroxylation is 1. The van der Waals surface area contributed by atoms with Crippen molar-refractivity contribution in [3.8, 4) is 11.3 Å². The van der Waals surface area contributed by atoms with E-state index in [9.17, 15) is 14.4 Å². The molecule has 2 heterocycles. The van der Waals surface area contributed by atoms with Crippen molar-refractivity contribution in [2.45, 2.75) is 33.1 Å². The number of aromatic amines is 1. The number of fused-ring (bicyclic) bond motifs is 1. The predicted octanol–water partition coefficient (Wildman–Crippen LogP) is 4.42. The van der Waals surface area contributed by atoms with Gasteiger partial charge in [0.05, 0.1) is 10.6 Å². The summed E-state index contributed by atoms with van der Waals surface area (Å²) in [4.78, 5) is 45.1. The lowest BCUT2D eigenvalue weighted by atomic mass is 9.94.